The van der Waals surface area contributed by atoms with E-state index in [1.54, 1.807) is 6.08 Å². The summed E-state index contributed by atoms with van der Waals surface area (Å²) in [5, 5.41) is 2.98. The molecule has 0 aliphatic carbocycles. The van der Waals surface area contributed by atoms with Gasteiger partial charge in [-0.3, -0.25) is 0 Å². The molecule has 1 N–H and O–H groups in total. The second-order valence-corrected chi connectivity index (χ2v) is 1.50. The normalized spacial score (nSPS) is 11.1. The highest BCUT2D eigenvalue weighted by Crippen LogP contribution is 1.71. The topological polar surface area (TPSA) is 12.0 Å². The quantitative estimate of drug-likeness (QED) is 0.358. The van der Waals surface area contributed by atoms with Crippen molar-refractivity contribution in [2.24, 2.45) is 0 Å². The fourth-order valence-corrected chi connectivity index (χ4v) is 0.256. The Morgan fingerprint density at radius 2 is 2.50 bits per heavy atom. The average molecular weight is 107 g/mol. The lowest BCUT2D eigenvalue weighted by molar-refractivity contribution is 0.868. The number of hydrogen-bond donors (Lipinski definition) is 1. The minimum absolute atomic E-state index is 0.271. The van der Waals surface area contributed by atoms with Crippen LogP contribution in [-0.2, 0) is 0 Å². The summed E-state index contributed by atoms with van der Waals surface area (Å²) in [6.07, 6.45) is 1.59. The average Bonchev–Trinajstić information content (AvgIpc) is 1.83. The fraction of sp³-hybridized carbons (Fsp3) is 0.333. The van der Waals surface area contributed by atoms with Crippen molar-refractivity contribution in [3.63, 3.8) is 0 Å². The van der Waals surface area contributed by atoms with E-state index >= 15 is 0 Å². The lowest BCUT2D eigenvalue weighted by Gasteiger charge is -1.96. The van der Waals surface area contributed by atoms with Gasteiger partial charge in [0.05, 0.1) is 6.04 Å². The summed E-state index contributed by atoms with van der Waals surface area (Å²) in [5.41, 5.74) is 0. The summed E-state index contributed by atoms with van der Waals surface area (Å²) >= 11 is 0. The molecule has 0 aromatic heterocycles. The van der Waals surface area contributed by atoms with Crippen LogP contribution in [0.15, 0.2) is 12.7 Å². The highest BCUT2D eigenvalue weighted by Gasteiger charge is 1.83. The van der Waals surface area contributed by atoms with Gasteiger partial charge in [-0.1, -0.05) is 18.4 Å². The van der Waals surface area contributed by atoms with E-state index < -0.39 is 0 Å². The van der Waals surface area contributed by atoms with Gasteiger partial charge in [-0.2, -0.15) is 0 Å². The van der Waals surface area contributed by atoms with E-state index in [1.165, 1.54) is 0 Å². The molecule has 1 atom stereocenters. The predicted octanol–water partition coefficient (Wildman–Crippen LogP) is -0.298. The Kier molecular flexibility index (Phi) is 4.10. The van der Waals surface area contributed by atoms with Crippen LogP contribution in [-0.4, -0.2) is 14.0 Å². The Labute approximate surface area is 51.6 Å². The van der Waals surface area contributed by atoms with E-state index in [9.17, 15) is 0 Å². The predicted molar refractivity (Wildman–Crippen MR) is 39.1 cm³/mol. The first-order valence-electron chi connectivity index (χ1n) is 2.60. The third-order valence-corrected chi connectivity index (χ3v) is 0.835. The van der Waals surface area contributed by atoms with E-state index in [0.29, 0.717) is 0 Å². The van der Waals surface area contributed by atoms with Crippen LogP contribution in [0.1, 0.15) is 6.92 Å². The third-order valence-electron chi connectivity index (χ3n) is 0.835. The SMILES string of the molecule is BNC(C)C#CC=C. The molecule has 1 nitrogen and oxygen atoms in total. The Balaban J connectivity index is 3.50. The second kappa shape index (κ2) is 4.48. The van der Waals surface area contributed by atoms with Gasteiger partial charge in [0.25, 0.3) is 0 Å². The zero-order chi connectivity index (χ0) is 6.41. The molecule has 2 heteroatoms. The van der Waals surface area contributed by atoms with Crippen molar-refractivity contribution in [2.45, 2.75) is 13.0 Å². The maximum Gasteiger partial charge on any atom is 0.183 e. The Morgan fingerprint density at radius 1 is 1.88 bits per heavy atom. The summed E-state index contributed by atoms with van der Waals surface area (Å²) in [4.78, 5) is 0. The first-order valence-corrected chi connectivity index (χ1v) is 2.60. The maximum atomic E-state index is 3.47. The van der Waals surface area contributed by atoms with Gasteiger partial charge in [0.15, 0.2) is 7.98 Å². The summed E-state index contributed by atoms with van der Waals surface area (Å²) in [6.45, 7) is 5.46. The third kappa shape index (κ3) is 3.51. The molecule has 0 aliphatic heterocycles. The summed E-state index contributed by atoms with van der Waals surface area (Å²) in [7, 11) is 1.88. The van der Waals surface area contributed by atoms with Crippen LogP contribution >= 0.6 is 0 Å². The minimum Gasteiger partial charge on any atom is -0.350 e. The molecule has 42 valence electrons. The van der Waals surface area contributed by atoms with E-state index in [0.717, 1.165) is 0 Å². The van der Waals surface area contributed by atoms with Crippen LogP contribution in [0.5, 0.6) is 0 Å². The van der Waals surface area contributed by atoms with Crippen LogP contribution in [0.4, 0.5) is 0 Å². The molecule has 0 saturated heterocycles. The van der Waals surface area contributed by atoms with Gasteiger partial charge in [0, 0.05) is 0 Å². The lowest BCUT2D eigenvalue weighted by Crippen LogP contribution is -2.20. The molecule has 8 heavy (non-hydrogen) atoms. The zero-order valence-corrected chi connectivity index (χ0v) is 5.36. The monoisotopic (exact) mass is 107 g/mol. The largest absolute Gasteiger partial charge is 0.350 e. The molecule has 0 bridgehead atoms. The van der Waals surface area contributed by atoms with E-state index in [-0.39, 0.29) is 6.04 Å². The van der Waals surface area contributed by atoms with Crippen molar-refractivity contribution in [3.8, 4) is 11.8 Å². The highest BCUT2D eigenvalue weighted by molar-refractivity contribution is 6.04. The number of rotatable bonds is 1. The minimum atomic E-state index is 0.271. The number of hydrogen-bond acceptors (Lipinski definition) is 1. The Bertz CT molecular complexity index is 120. The van der Waals surface area contributed by atoms with Crippen molar-refractivity contribution in [2.75, 3.05) is 0 Å². The molecule has 0 fully saturated rings. The van der Waals surface area contributed by atoms with Crippen LogP contribution < -0.4 is 5.23 Å². The van der Waals surface area contributed by atoms with Crippen LogP contribution in [0.2, 0.25) is 0 Å². The molecule has 0 saturated carbocycles. The molecular weight excluding hydrogens is 96.9 g/mol. The highest BCUT2D eigenvalue weighted by atomic mass is 14.8. The molecule has 0 radical (unpaired) electrons. The molecule has 0 spiro atoms. The first-order chi connectivity index (χ1) is 3.81. The van der Waals surface area contributed by atoms with Crippen molar-refractivity contribution in [3.05, 3.63) is 12.7 Å². The van der Waals surface area contributed by atoms with Gasteiger partial charge in [-0.15, -0.1) is 0 Å². The molecular formula is C6H10BN. The lowest BCUT2D eigenvalue weighted by atomic mass is 10.3. The molecule has 1 unspecified atom stereocenters. The molecule has 0 aliphatic rings. The van der Waals surface area contributed by atoms with Crippen molar-refractivity contribution in [1.82, 2.24) is 5.23 Å². The van der Waals surface area contributed by atoms with Crippen LogP contribution in [0.25, 0.3) is 0 Å². The van der Waals surface area contributed by atoms with E-state index in [2.05, 4.69) is 23.6 Å². The van der Waals surface area contributed by atoms with Gasteiger partial charge >= 0.3 is 0 Å². The number of nitrogens with one attached hydrogen (secondary N) is 1. The summed E-state index contributed by atoms with van der Waals surface area (Å²) in [6, 6.07) is 0.271. The van der Waals surface area contributed by atoms with Crippen molar-refractivity contribution < 1.29 is 0 Å². The van der Waals surface area contributed by atoms with Gasteiger partial charge < -0.3 is 5.23 Å². The molecule has 0 rings (SSSR count). The maximum absolute atomic E-state index is 3.47. The van der Waals surface area contributed by atoms with Crippen LogP contribution in [0, 0.1) is 11.8 Å². The van der Waals surface area contributed by atoms with Gasteiger partial charge in [0.1, 0.15) is 0 Å². The van der Waals surface area contributed by atoms with Gasteiger partial charge in [-0.25, -0.2) is 0 Å². The molecule has 0 amide bonds. The summed E-state index contributed by atoms with van der Waals surface area (Å²) < 4.78 is 0. The molecule has 0 aromatic rings. The first kappa shape index (κ1) is 7.32. The fourth-order valence-electron chi connectivity index (χ4n) is 0.256. The van der Waals surface area contributed by atoms with Gasteiger partial charge in [-0.05, 0) is 13.0 Å². The van der Waals surface area contributed by atoms with E-state index in [4.69, 9.17) is 0 Å². The zero-order valence-electron chi connectivity index (χ0n) is 5.36. The Hall–Kier alpha value is -0.675. The smallest absolute Gasteiger partial charge is 0.183 e. The molecule has 0 aromatic carbocycles. The van der Waals surface area contributed by atoms with Crippen LogP contribution in [0.3, 0.4) is 0 Å². The van der Waals surface area contributed by atoms with Crippen molar-refractivity contribution >= 4 is 7.98 Å². The summed E-state index contributed by atoms with van der Waals surface area (Å²) in [5.74, 6) is 5.65. The Morgan fingerprint density at radius 3 is 2.88 bits per heavy atom. The standard InChI is InChI=1S/C6H10BN/c1-3-4-5-6(2)8-7/h3,6,8H,1,7H2,2H3. The van der Waals surface area contributed by atoms with Gasteiger partial charge in [0.2, 0.25) is 0 Å². The molecule has 0 heterocycles. The van der Waals surface area contributed by atoms with Crippen molar-refractivity contribution in [1.29, 1.82) is 0 Å². The van der Waals surface area contributed by atoms with E-state index in [1.807, 2.05) is 14.9 Å². The second-order valence-electron chi connectivity index (χ2n) is 1.50. The number of allylic oxidation sites excluding steroid dienone is 1.